The third-order valence-electron chi connectivity index (χ3n) is 6.29. The third-order valence-corrected chi connectivity index (χ3v) is 6.29. The summed E-state index contributed by atoms with van der Waals surface area (Å²) in [6.45, 7) is 11.0. The number of carbonyl (C=O) groups excluding carboxylic acids is 1. The van der Waals surface area contributed by atoms with Gasteiger partial charge < -0.3 is 15.0 Å². The molecule has 0 amide bonds. The molecule has 2 aliphatic rings. The summed E-state index contributed by atoms with van der Waals surface area (Å²) >= 11 is 0. The van der Waals surface area contributed by atoms with Crippen molar-refractivity contribution in [2.75, 3.05) is 40.3 Å². The lowest BCUT2D eigenvalue weighted by molar-refractivity contribution is -0.145. The molecule has 2 heterocycles. The highest BCUT2D eigenvalue weighted by Gasteiger charge is 2.37. The number of nitrogens with one attached hydrogen (secondary N) is 1. The van der Waals surface area contributed by atoms with Crippen molar-refractivity contribution in [1.29, 1.82) is 0 Å². The number of fused-ring (bicyclic) bond motifs is 1. The van der Waals surface area contributed by atoms with Crippen LogP contribution in [0.2, 0.25) is 0 Å². The summed E-state index contributed by atoms with van der Waals surface area (Å²) in [7, 11) is 3.27. The number of benzene rings is 1. The molecule has 3 rings (SSSR count). The molecule has 0 spiro atoms. The van der Waals surface area contributed by atoms with Crippen molar-refractivity contribution in [2.45, 2.75) is 39.3 Å². The third kappa shape index (κ3) is 5.42. The van der Waals surface area contributed by atoms with Crippen molar-refractivity contribution in [1.82, 2.24) is 15.1 Å². The van der Waals surface area contributed by atoms with Gasteiger partial charge in [-0.2, -0.15) is 0 Å². The van der Waals surface area contributed by atoms with Gasteiger partial charge in [0.2, 0.25) is 0 Å². The minimum Gasteiger partial charge on any atom is -0.469 e. The van der Waals surface area contributed by atoms with Gasteiger partial charge in [-0.3, -0.25) is 14.7 Å². The first-order valence-electron chi connectivity index (χ1n) is 10.2. The molecule has 6 nitrogen and oxygen atoms in total. The molecule has 0 saturated carbocycles. The molecule has 1 N–H and O–H groups in total. The Balaban J connectivity index is 0.00000300. The Hall–Kier alpha value is -1.35. The highest BCUT2D eigenvalue weighted by molar-refractivity contribution is 14.0. The highest BCUT2D eigenvalue weighted by Crippen LogP contribution is 2.26. The maximum Gasteiger partial charge on any atom is 0.310 e. The number of carbonyl (C=O) groups is 1. The summed E-state index contributed by atoms with van der Waals surface area (Å²) in [4.78, 5) is 21.2. The van der Waals surface area contributed by atoms with Crippen molar-refractivity contribution in [3.63, 3.8) is 0 Å². The molecular weight excluding hydrogens is 479 g/mol. The second-order valence-electron chi connectivity index (χ2n) is 8.67. The Morgan fingerprint density at radius 3 is 2.62 bits per heavy atom. The number of methoxy groups -OCH3 is 1. The first-order chi connectivity index (χ1) is 13.4. The lowest BCUT2D eigenvalue weighted by atomic mass is 9.94. The maximum atomic E-state index is 12.0. The van der Waals surface area contributed by atoms with Gasteiger partial charge in [0.1, 0.15) is 0 Å². The van der Waals surface area contributed by atoms with Crippen LogP contribution in [0.25, 0.3) is 0 Å². The summed E-state index contributed by atoms with van der Waals surface area (Å²) in [6, 6.07) is 8.74. The summed E-state index contributed by atoms with van der Waals surface area (Å²) in [5.41, 5.74) is 2.90. The fourth-order valence-electron chi connectivity index (χ4n) is 4.35. The molecule has 0 radical (unpaired) electrons. The predicted octanol–water partition coefficient (Wildman–Crippen LogP) is 2.76. The van der Waals surface area contributed by atoms with E-state index in [-0.39, 0.29) is 47.3 Å². The van der Waals surface area contributed by atoms with E-state index < -0.39 is 0 Å². The zero-order valence-electron chi connectivity index (χ0n) is 18.3. The van der Waals surface area contributed by atoms with Crippen LogP contribution in [0.3, 0.4) is 0 Å². The van der Waals surface area contributed by atoms with Crippen molar-refractivity contribution < 1.29 is 9.53 Å². The monoisotopic (exact) mass is 514 g/mol. The number of halogens is 1. The van der Waals surface area contributed by atoms with Crippen LogP contribution in [0.4, 0.5) is 0 Å². The molecule has 7 heteroatoms. The molecule has 2 atom stereocenters. The van der Waals surface area contributed by atoms with Gasteiger partial charge in [-0.25, -0.2) is 0 Å². The van der Waals surface area contributed by atoms with Gasteiger partial charge in [0.15, 0.2) is 5.96 Å². The molecule has 1 aromatic rings. The topological polar surface area (TPSA) is 57.2 Å². The first kappa shape index (κ1) is 23.9. The van der Waals surface area contributed by atoms with Crippen LogP contribution in [-0.4, -0.2) is 67.6 Å². The van der Waals surface area contributed by atoms with Crippen molar-refractivity contribution >= 4 is 35.9 Å². The fraction of sp³-hybridized carbons (Fsp3) is 0.636. The number of ether oxygens (including phenoxy) is 1. The van der Waals surface area contributed by atoms with E-state index in [0.717, 1.165) is 38.6 Å². The molecular formula is C22H35IN4O2. The number of rotatable bonds is 4. The van der Waals surface area contributed by atoms with E-state index in [4.69, 9.17) is 4.74 Å². The van der Waals surface area contributed by atoms with Gasteiger partial charge in [-0.05, 0) is 37.3 Å². The second-order valence-corrected chi connectivity index (χ2v) is 8.67. The zero-order valence-corrected chi connectivity index (χ0v) is 20.6. The smallest absolute Gasteiger partial charge is 0.310 e. The molecule has 0 aliphatic carbocycles. The molecule has 1 aromatic carbocycles. The summed E-state index contributed by atoms with van der Waals surface area (Å²) < 4.78 is 4.96. The Labute approximate surface area is 192 Å². The number of likely N-dealkylation sites (tertiary alicyclic amines) is 1. The fourth-order valence-corrected chi connectivity index (χ4v) is 4.35. The zero-order chi connectivity index (χ0) is 20.3. The maximum absolute atomic E-state index is 12.0. The number of guanidine groups is 1. The quantitative estimate of drug-likeness (QED) is 0.290. The Kier molecular flexibility index (Phi) is 8.34. The van der Waals surface area contributed by atoms with Gasteiger partial charge >= 0.3 is 5.97 Å². The molecule has 29 heavy (non-hydrogen) atoms. The van der Waals surface area contributed by atoms with Gasteiger partial charge in [0.25, 0.3) is 0 Å². The highest BCUT2D eigenvalue weighted by atomic mass is 127. The molecule has 2 aliphatic heterocycles. The van der Waals surface area contributed by atoms with Crippen LogP contribution in [0.1, 0.15) is 31.9 Å². The summed E-state index contributed by atoms with van der Waals surface area (Å²) in [6.07, 6.45) is 1.10. The van der Waals surface area contributed by atoms with E-state index in [1.165, 1.54) is 18.2 Å². The lowest BCUT2D eigenvalue weighted by Crippen LogP contribution is -2.55. The molecule has 162 valence electrons. The SMILES string of the molecule is CN=C(NCC(C)(C)N1CCc2ccccc2C1)N1CC(C)C(C(=O)OC)C1.I. The average Bonchev–Trinajstić information content (AvgIpc) is 3.08. The van der Waals surface area contributed by atoms with E-state index in [9.17, 15) is 4.79 Å². The van der Waals surface area contributed by atoms with Crippen LogP contribution in [0, 0.1) is 11.8 Å². The van der Waals surface area contributed by atoms with Crippen LogP contribution in [-0.2, 0) is 22.5 Å². The normalized spacial score (nSPS) is 22.7. The van der Waals surface area contributed by atoms with Crippen LogP contribution in [0.5, 0.6) is 0 Å². The average molecular weight is 514 g/mol. The molecule has 0 aromatic heterocycles. The number of esters is 1. The Morgan fingerprint density at radius 2 is 1.97 bits per heavy atom. The number of hydrogen-bond donors (Lipinski definition) is 1. The largest absolute Gasteiger partial charge is 0.469 e. The summed E-state index contributed by atoms with van der Waals surface area (Å²) in [5, 5.41) is 3.55. The number of hydrogen-bond acceptors (Lipinski definition) is 4. The van der Waals surface area contributed by atoms with E-state index in [2.05, 4.69) is 65.1 Å². The van der Waals surface area contributed by atoms with E-state index in [1.807, 2.05) is 7.05 Å². The summed E-state index contributed by atoms with van der Waals surface area (Å²) in [5.74, 6) is 0.911. The molecule has 2 unspecified atom stereocenters. The van der Waals surface area contributed by atoms with Gasteiger partial charge in [0, 0.05) is 45.3 Å². The molecule has 1 saturated heterocycles. The van der Waals surface area contributed by atoms with Crippen molar-refractivity contribution in [2.24, 2.45) is 16.8 Å². The molecule has 1 fully saturated rings. The van der Waals surface area contributed by atoms with Gasteiger partial charge in [0.05, 0.1) is 13.0 Å². The van der Waals surface area contributed by atoms with E-state index >= 15 is 0 Å². The van der Waals surface area contributed by atoms with Crippen LogP contribution >= 0.6 is 24.0 Å². The van der Waals surface area contributed by atoms with E-state index in [0.29, 0.717) is 6.54 Å². The lowest BCUT2D eigenvalue weighted by Gasteiger charge is -2.42. The van der Waals surface area contributed by atoms with Crippen LogP contribution in [0.15, 0.2) is 29.3 Å². The molecule has 0 bridgehead atoms. The van der Waals surface area contributed by atoms with E-state index in [1.54, 1.807) is 0 Å². The minimum absolute atomic E-state index is 0. The number of nitrogens with zero attached hydrogens (tertiary/aromatic N) is 3. The second kappa shape index (κ2) is 10.1. The standard InChI is InChI=1S/C22H34N4O2.HI/c1-16-12-25(14-19(16)20(27)28-5)21(23-4)24-15-22(2,3)26-11-10-17-8-6-7-9-18(17)13-26;/h6-9,16,19H,10-15H2,1-5H3,(H,23,24);1H. The Morgan fingerprint density at radius 1 is 1.28 bits per heavy atom. The van der Waals surface area contributed by atoms with Gasteiger partial charge in [-0.15, -0.1) is 24.0 Å². The first-order valence-corrected chi connectivity index (χ1v) is 10.2. The van der Waals surface area contributed by atoms with Crippen molar-refractivity contribution in [3.8, 4) is 0 Å². The van der Waals surface area contributed by atoms with Crippen molar-refractivity contribution in [3.05, 3.63) is 35.4 Å². The number of aliphatic imine (C=N–C) groups is 1. The van der Waals surface area contributed by atoms with Crippen LogP contribution < -0.4 is 5.32 Å². The van der Waals surface area contributed by atoms with Gasteiger partial charge in [-0.1, -0.05) is 31.2 Å². The minimum atomic E-state index is -0.127. The Bertz CT molecular complexity index is 737. The predicted molar refractivity (Wildman–Crippen MR) is 128 cm³/mol.